The number of carbonyl (C=O) groups excluding carboxylic acids is 1. The van der Waals surface area contributed by atoms with E-state index >= 15 is 0 Å². The van der Waals surface area contributed by atoms with Gasteiger partial charge in [-0.1, -0.05) is 44.2 Å². The zero-order valence-electron chi connectivity index (χ0n) is 12.0. The number of hydrogen-bond donors (Lipinski definition) is 1. The number of hydrogen-bond acceptors (Lipinski definition) is 2. The molecule has 0 fully saturated rings. The number of benzene rings is 1. The van der Waals surface area contributed by atoms with E-state index in [4.69, 9.17) is 4.74 Å². The van der Waals surface area contributed by atoms with Crippen LogP contribution in [0.3, 0.4) is 0 Å². The average Bonchev–Trinajstić information content (AvgIpc) is 2.41. The fraction of sp³-hybridized carbons (Fsp3) is 0.562. The molecule has 0 aliphatic rings. The number of amides is 1. The van der Waals surface area contributed by atoms with E-state index in [0.29, 0.717) is 18.9 Å². The molecule has 1 N–H and O–H groups in total. The summed E-state index contributed by atoms with van der Waals surface area (Å²) >= 11 is 0. The molecular formula is C16H25NO2. The Hall–Kier alpha value is -1.35. The molecule has 0 saturated heterocycles. The first-order valence-corrected chi connectivity index (χ1v) is 7.07. The van der Waals surface area contributed by atoms with Gasteiger partial charge >= 0.3 is 0 Å². The molecule has 106 valence electrons. The van der Waals surface area contributed by atoms with Crippen molar-refractivity contribution in [2.75, 3.05) is 19.8 Å². The maximum absolute atomic E-state index is 11.6. The van der Waals surface area contributed by atoms with Crippen LogP contribution in [0.4, 0.5) is 0 Å². The third-order valence-electron chi connectivity index (χ3n) is 2.72. The van der Waals surface area contributed by atoms with Gasteiger partial charge in [0.15, 0.2) is 0 Å². The standard InChI is InChI=1S/C16H25NO2/c1-14(2)13-19-12-6-11-17-16(18)10-9-15-7-4-3-5-8-15/h3-5,7-8,14H,6,9-13H2,1-2H3,(H,17,18). The Labute approximate surface area is 116 Å². The van der Waals surface area contributed by atoms with Crippen molar-refractivity contribution in [2.45, 2.75) is 33.1 Å². The third-order valence-corrected chi connectivity index (χ3v) is 2.72. The Morgan fingerprint density at radius 3 is 2.68 bits per heavy atom. The summed E-state index contributed by atoms with van der Waals surface area (Å²) in [6.45, 7) is 6.47. The van der Waals surface area contributed by atoms with Crippen molar-refractivity contribution in [3.8, 4) is 0 Å². The van der Waals surface area contributed by atoms with Gasteiger partial charge in [-0.05, 0) is 24.3 Å². The van der Waals surface area contributed by atoms with Crippen LogP contribution < -0.4 is 5.32 Å². The normalized spacial score (nSPS) is 10.7. The summed E-state index contributed by atoms with van der Waals surface area (Å²) in [7, 11) is 0. The molecule has 0 aliphatic carbocycles. The van der Waals surface area contributed by atoms with Crippen molar-refractivity contribution in [3.63, 3.8) is 0 Å². The van der Waals surface area contributed by atoms with Gasteiger partial charge in [-0.15, -0.1) is 0 Å². The first kappa shape index (κ1) is 15.7. The molecule has 0 atom stereocenters. The average molecular weight is 263 g/mol. The van der Waals surface area contributed by atoms with Crippen LogP contribution in [0.5, 0.6) is 0 Å². The fourth-order valence-corrected chi connectivity index (χ4v) is 1.71. The minimum atomic E-state index is 0.118. The highest BCUT2D eigenvalue weighted by Crippen LogP contribution is 2.02. The van der Waals surface area contributed by atoms with Crippen LogP contribution in [0.1, 0.15) is 32.3 Å². The van der Waals surface area contributed by atoms with Gasteiger partial charge in [0.05, 0.1) is 0 Å². The van der Waals surface area contributed by atoms with Crippen molar-refractivity contribution in [2.24, 2.45) is 5.92 Å². The van der Waals surface area contributed by atoms with Crippen molar-refractivity contribution in [1.29, 1.82) is 0 Å². The lowest BCUT2D eigenvalue weighted by molar-refractivity contribution is -0.121. The molecule has 1 aromatic rings. The number of carbonyl (C=O) groups is 1. The van der Waals surface area contributed by atoms with Gasteiger partial charge in [0.2, 0.25) is 5.91 Å². The third kappa shape index (κ3) is 8.38. The summed E-state index contributed by atoms with van der Waals surface area (Å²) in [5, 5.41) is 2.92. The summed E-state index contributed by atoms with van der Waals surface area (Å²) in [4.78, 5) is 11.6. The molecule has 0 radical (unpaired) electrons. The number of nitrogens with one attached hydrogen (secondary N) is 1. The number of aryl methyl sites for hydroxylation is 1. The Kier molecular flexibility index (Phi) is 7.91. The Morgan fingerprint density at radius 1 is 1.26 bits per heavy atom. The van der Waals surface area contributed by atoms with Gasteiger partial charge < -0.3 is 10.1 Å². The van der Waals surface area contributed by atoms with E-state index < -0.39 is 0 Å². The quantitative estimate of drug-likeness (QED) is 0.696. The zero-order chi connectivity index (χ0) is 13.9. The van der Waals surface area contributed by atoms with Gasteiger partial charge in [-0.2, -0.15) is 0 Å². The lowest BCUT2D eigenvalue weighted by Gasteiger charge is -2.08. The van der Waals surface area contributed by atoms with Crippen molar-refractivity contribution >= 4 is 5.91 Å². The van der Waals surface area contributed by atoms with E-state index in [1.54, 1.807) is 0 Å². The zero-order valence-corrected chi connectivity index (χ0v) is 12.0. The SMILES string of the molecule is CC(C)COCCCNC(=O)CCc1ccccc1. The maximum Gasteiger partial charge on any atom is 0.220 e. The molecule has 0 heterocycles. The van der Waals surface area contributed by atoms with Crippen molar-refractivity contribution in [1.82, 2.24) is 5.32 Å². The van der Waals surface area contributed by atoms with E-state index in [2.05, 4.69) is 19.2 Å². The highest BCUT2D eigenvalue weighted by molar-refractivity contribution is 5.76. The van der Waals surface area contributed by atoms with Crippen LogP contribution in [0.15, 0.2) is 30.3 Å². The number of rotatable bonds is 9. The highest BCUT2D eigenvalue weighted by atomic mass is 16.5. The molecule has 0 saturated carbocycles. The van der Waals surface area contributed by atoms with E-state index in [0.717, 1.165) is 26.1 Å². The summed E-state index contributed by atoms with van der Waals surface area (Å²) in [5.41, 5.74) is 1.21. The Bertz CT molecular complexity index is 349. The summed E-state index contributed by atoms with van der Waals surface area (Å²) in [6.07, 6.45) is 2.23. The molecule has 1 amide bonds. The molecule has 0 bridgehead atoms. The first-order chi connectivity index (χ1) is 9.18. The van der Waals surface area contributed by atoms with Crippen LogP contribution in [0, 0.1) is 5.92 Å². The van der Waals surface area contributed by atoms with Crippen LogP contribution in [-0.2, 0) is 16.0 Å². The molecule has 0 spiro atoms. The molecule has 19 heavy (non-hydrogen) atoms. The molecule has 0 aliphatic heterocycles. The minimum Gasteiger partial charge on any atom is -0.381 e. The maximum atomic E-state index is 11.6. The van der Waals surface area contributed by atoms with E-state index in [9.17, 15) is 4.79 Å². The van der Waals surface area contributed by atoms with Crippen LogP contribution >= 0.6 is 0 Å². The molecule has 0 aromatic heterocycles. The van der Waals surface area contributed by atoms with Gasteiger partial charge in [0, 0.05) is 26.2 Å². The minimum absolute atomic E-state index is 0.118. The number of ether oxygens (including phenoxy) is 1. The van der Waals surface area contributed by atoms with Gasteiger partial charge in [-0.25, -0.2) is 0 Å². The second-order valence-corrected chi connectivity index (χ2v) is 5.16. The Morgan fingerprint density at radius 2 is 2.00 bits per heavy atom. The highest BCUT2D eigenvalue weighted by Gasteiger charge is 2.01. The predicted octanol–water partition coefficient (Wildman–Crippen LogP) is 2.80. The van der Waals surface area contributed by atoms with Gasteiger partial charge in [0.25, 0.3) is 0 Å². The Balaban J connectivity index is 1.99. The lowest BCUT2D eigenvalue weighted by atomic mass is 10.1. The van der Waals surface area contributed by atoms with Crippen LogP contribution in [-0.4, -0.2) is 25.7 Å². The van der Waals surface area contributed by atoms with E-state index in [1.807, 2.05) is 30.3 Å². The summed E-state index contributed by atoms with van der Waals surface area (Å²) < 4.78 is 5.45. The molecule has 3 nitrogen and oxygen atoms in total. The first-order valence-electron chi connectivity index (χ1n) is 7.07. The molecule has 3 heteroatoms. The smallest absolute Gasteiger partial charge is 0.220 e. The van der Waals surface area contributed by atoms with E-state index in [-0.39, 0.29) is 5.91 Å². The topological polar surface area (TPSA) is 38.3 Å². The monoisotopic (exact) mass is 263 g/mol. The second-order valence-electron chi connectivity index (χ2n) is 5.16. The molecular weight excluding hydrogens is 238 g/mol. The lowest BCUT2D eigenvalue weighted by Crippen LogP contribution is -2.25. The van der Waals surface area contributed by atoms with E-state index in [1.165, 1.54) is 5.56 Å². The molecule has 0 unspecified atom stereocenters. The fourth-order valence-electron chi connectivity index (χ4n) is 1.71. The molecule has 1 aromatic carbocycles. The van der Waals surface area contributed by atoms with Gasteiger partial charge in [0.1, 0.15) is 0 Å². The second kappa shape index (κ2) is 9.56. The van der Waals surface area contributed by atoms with Crippen LogP contribution in [0.2, 0.25) is 0 Å². The van der Waals surface area contributed by atoms with Gasteiger partial charge in [-0.3, -0.25) is 4.79 Å². The van der Waals surface area contributed by atoms with Crippen molar-refractivity contribution < 1.29 is 9.53 Å². The molecule has 1 rings (SSSR count). The van der Waals surface area contributed by atoms with Crippen molar-refractivity contribution in [3.05, 3.63) is 35.9 Å². The summed E-state index contributed by atoms with van der Waals surface area (Å²) in [6, 6.07) is 10.1. The largest absolute Gasteiger partial charge is 0.381 e. The van der Waals surface area contributed by atoms with Crippen LogP contribution in [0.25, 0.3) is 0 Å². The summed E-state index contributed by atoms with van der Waals surface area (Å²) in [5.74, 6) is 0.688. The predicted molar refractivity (Wildman–Crippen MR) is 78.0 cm³/mol.